The van der Waals surface area contributed by atoms with Crippen molar-refractivity contribution in [1.29, 1.82) is 0 Å². The molecule has 7 nitrogen and oxygen atoms in total. The summed E-state index contributed by atoms with van der Waals surface area (Å²) in [5.41, 5.74) is 2.08. The molecule has 2 N–H and O–H groups in total. The van der Waals surface area contributed by atoms with Gasteiger partial charge >= 0.3 is 0 Å². The second kappa shape index (κ2) is 10.5. The van der Waals surface area contributed by atoms with Gasteiger partial charge in [-0.05, 0) is 36.6 Å². The highest BCUT2D eigenvalue weighted by Gasteiger charge is 2.35. The number of aryl methyl sites for hydroxylation is 1. The van der Waals surface area contributed by atoms with Crippen LogP contribution in [-0.2, 0) is 11.8 Å². The standard InChI is InChI=1S/C21H30N4O3.ClH/c1-5-8-28-19-7-6-15(9-20(19)27-4)14(2)24-21(26)18-12-22-11-17(18)16-10-23-25(3)13-16;/h6-7,9-10,13-14,17-18,22H,5,8,11-12H2,1-4H3,(H,24,26);1H/t14?,17-,18+;/m1./s1. The van der Waals surface area contributed by atoms with Gasteiger partial charge in [-0.1, -0.05) is 13.0 Å². The molecule has 0 radical (unpaired) electrons. The number of aromatic nitrogens is 2. The molecule has 1 fully saturated rings. The number of rotatable bonds is 8. The summed E-state index contributed by atoms with van der Waals surface area (Å²) < 4.78 is 12.9. The molecule has 29 heavy (non-hydrogen) atoms. The van der Waals surface area contributed by atoms with E-state index in [2.05, 4.69) is 22.7 Å². The van der Waals surface area contributed by atoms with Crippen LogP contribution in [0.15, 0.2) is 30.6 Å². The first-order valence-electron chi connectivity index (χ1n) is 9.83. The summed E-state index contributed by atoms with van der Waals surface area (Å²) in [6, 6.07) is 5.68. The lowest BCUT2D eigenvalue weighted by Gasteiger charge is -2.21. The van der Waals surface area contributed by atoms with Crippen molar-refractivity contribution < 1.29 is 14.3 Å². The zero-order valence-electron chi connectivity index (χ0n) is 17.5. The van der Waals surface area contributed by atoms with E-state index >= 15 is 0 Å². The van der Waals surface area contributed by atoms with Gasteiger partial charge in [0.05, 0.1) is 31.9 Å². The molecule has 1 unspecified atom stereocenters. The summed E-state index contributed by atoms with van der Waals surface area (Å²) in [6.45, 7) is 6.16. The molecule has 1 aliphatic heterocycles. The van der Waals surface area contributed by atoms with E-state index < -0.39 is 0 Å². The number of methoxy groups -OCH3 is 1. The van der Waals surface area contributed by atoms with E-state index in [1.54, 1.807) is 11.8 Å². The number of carbonyl (C=O) groups excluding carboxylic acids is 1. The minimum Gasteiger partial charge on any atom is -0.493 e. The minimum atomic E-state index is -0.128. The molecule has 1 aromatic carbocycles. The van der Waals surface area contributed by atoms with E-state index in [9.17, 15) is 4.79 Å². The first-order chi connectivity index (χ1) is 13.5. The van der Waals surface area contributed by atoms with E-state index in [0.29, 0.717) is 18.9 Å². The summed E-state index contributed by atoms with van der Waals surface area (Å²) >= 11 is 0. The predicted molar refractivity (Wildman–Crippen MR) is 115 cm³/mol. The molecule has 0 bridgehead atoms. The Balaban J connectivity index is 0.00000300. The third-order valence-corrected chi connectivity index (χ3v) is 5.21. The minimum absolute atomic E-state index is 0. The van der Waals surface area contributed by atoms with Crippen LogP contribution < -0.4 is 20.1 Å². The number of nitrogens with zero attached hydrogens (tertiary/aromatic N) is 2. The summed E-state index contributed by atoms with van der Waals surface area (Å²) in [7, 11) is 3.52. The fourth-order valence-corrected chi connectivity index (χ4v) is 3.62. The summed E-state index contributed by atoms with van der Waals surface area (Å²) in [4.78, 5) is 12.9. The van der Waals surface area contributed by atoms with Gasteiger partial charge in [-0.2, -0.15) is 5.10 Å². The van der Waals surface area contributed by atoms with Crippen LogP contribution in [0.4, 0.5) is 0 Å². The molecule has 1 amide bonds. The van der Waals surface area contributed by atoms with Crippen LogP contribution in [0.2, 0.25) is 0 Å². The first-order valence-corrected chi connectivity index (χ1v) is 9.83. The number of benzene rings is 1. The quantitative estimate of drug-likeness (QED) is 0.684. The monoisotopic (exact) mass is 422 g/mol. The molecule has 0 spiro atoms. The number of hydrogen-bond donors (Lipinski definition) is 2. The highest BCUT2D eigenvalue weighted by Crippen LogP contribution is 2.32. The molecule has 1 aromatic heterocycles. The number of amides is 1. The Morgan fingerprint density at radius 2 is 2.17 bits per heavy atom. The van der Waals surface area contributed by atoms with Gasteiger partial charge in [0.1, 0.15) is 0 Å². The molecule has 1 saturated heterocycles. The van der Waals surface area contributed by atoms with Crippen molar-refractivity contribution in [2.45, 2.75) is 32.2 Å². The Morgan fingerprint density at radius 1 is 1.38 bits per heavy atom. The van der Waals surface area contributed by atoms with Crippen molar-refractivity contribution in [2.75, 3.05) is 26.8 Å². The van der Waals surface area contributed by atoms with E-state index in [0.717, 1.165) is 29.8 Å². The van der Waals surface area contributed by atoms with E-state index in [1.165, 1.54) is 0 Å². The van der Waals surface area contributed by atoms with Crippen molar-refractivity contribution in [3.63, 3.8) is 0 Å². The topological polar surface area (TPSA) is 77.4 Å². The molecular formula is C21H31ClN4O3. The van der Waals surface area contributed by atoms with Gasteiger partial charge in [0.2, 0.25) is 5.91 Å². The maximum Gasteiger partial charge on any atom is 0.225 e. The molecule has 3 atom stereocenters. The highest BCUT2D eigenvalue weighted by molar-refractivity contribution is 5.85. The lowest BCUT2D eigenvalue weighted by atomic mass is 9.90. The van der Waals surface area contributed by atoms with E-state index in [-0.39, 0.29) is 36.2 Å². The molecule has 8 heteroatoms. The zero-order valence-corrected chi connectivity index (χ0v) is 18.3. The SMILES string of the molecule is CCCOc1ccc(C(C)NC(=O)[C@H]2CNC[C@@H]2c2cnn(C)c2)cc1OC.Cl. The van der Waals surface area contributed by atoms with Crippen LogP contribution in [0, 0.1) is 5.92 Å². The van der Waals surface area contributed by atoms with Crippen molar-refractivity contribution in [3.8, 4) is 11.5 Å². The molecule has 0 aliphatic carbocycles. The Morgan fingerprint density at radius 3 is 2.83 bits per heavy atom. The molecular weight excluding hydrogens is 392 g/mol. The maximum atomic E-state index is 12.9. The van der Waals surface area contributed by atoms with Crippen LogP contribution in [0.5, 0.6) is 11.5 Å². The van der Waals surface area contributed by atoms with Gasteiger partial charge in [0.15, 0.2) is 11.5 Å². The second-order valence-electron chi connectivity index (χ2n) is 7.31. The summed E-state index contributed by atoms with van der Waals surface area (Å²) in [5, 5.41) is 10.7. The van der Waals surface area contributed by atoms with E-state index in [1.807, 2.05) is 44.6 Å². The summed E-state index contributed by atoms with van der Waals surface area (Å²) in [6.07, 6.45) is 4.77. The Kier molecular flexibility index (Phi) is 8.34. The van der Waals surface area contributed by atoms with Gasteiger partial charge in [-0.3, -0.25) is 9.48 Å². The Hall–Kier alpha value is -2.25. The molecule has 2 heterocycles. The van der Waals surface area contributed by atoms with Crippen LogP contribution in [0.1, 0.15) is 43.4 Å². The predicted octanol–water partition coefficient (Wildman–Crippen LogP) is 2.82. The van der Waals surface area contributed by atoms with Gasteiger partial charge < -0.3 is 20.1 Å². The number of halogens is 1. The lowest BCUT2D eigenvalue weighted by molar-refractivity contribution is -0.125. The Labute approximate surface area is 178 Å². The normalized spacial score (nSPS) is 19.3. The third-order valence-electron chi connectivity index (χ3n) is 5.21. The number of carbonyl (C=O) groups is 1. The fraction of sp³-hybridized carbons (Fsp3) is 0.524. The highest BCUT2D eigenvalue weighted by atomic mass is 35.5. The van der Waals surface area contributed by atoms with Crippen molar-refractivity contribution in [2.24, 2.45) is 13.0 Å². The molecule has 3 rings (SSSR count). The molecule has 1 aliphatic rings. The molecule has 0 saturated carbocycles. The average molecular weight is 423 g/mol. The van der Waals surface area contributed by atoms with Crippen molar-refractivity contribution in [1.82, 2.24) is 20.4 Å². The van der Waals surface area contributed by atoms with Crippen LogP contribution in [-0.4, -0.2) is 42.5 Å². The van der Waals surface area contributed by atoms with Crippen LogP contribution >= 0.6 is 12.4 Å². The average Bonchev–Trinajstić information content (AvgIpc) is 3.34. The number of hydrogen-bond acceptors (Lipinski definition) is 5. The molecule has 2 aromatic rings. The van der Waals surface area contributed by atoms with Gasteiger partial charge in [-0.25, -0.2) is 0 Å². The Bertz CT molecular complexity index is 811. The summed E-state index contributed by atoms with van der Waals surface area (Å²) in [5.74, 6) is 1.49. The number of nitrogens with one attached hydrogen (secondary N) is 2. The van der Waals surface area contributed by atoms with Gasteiger partial charge in [0.25, 0.3) is 0 Å². The van der Waals surface area contributed by atoms with Crippen molar-refractivity contribution in [3.05, 3.63) is 41.7 Å². The first kappa shape index (κ1) is 23.0. The van der Waals surface area contributed by atoms with Gasteiger partial charge in [-0.15, -0.1) is 12.4 Å². The van der Waals surface area contributed by atoms with Crippen LogP contribution in [0.3, 0.4) is 0 Å². The lowest BCUT2D eigenvalue weighted by Crippen LogP contribution is -2.36. The van der Waals surface area contributed by atoms with Gasteiger partial charge in [0, 0.05) is 32.3 Å². The van der Waals surface area contributed by atoms with E-state index in [4.69, 9.17) is 9.47 Å². The van der Waals surface area contributed by atoms with Crippen molar-refractivity contribution >= 4 is 18.3 Å². The zero-order chi connectivity index (χ0) is 20.1. The maximum absolute atomic E-state index is 12.9. The van der Waals surface area contributed by atoms with Crippen LogP contribution in [0.25, 0.3) is 0 Å². The second-order valence-corrected chi connectivity index (χ2v) is 7.31. The fourth-order valence-electron chi connectivity index (χ4n) is 3.62. The molecule has 160 valence electrons. The largest absolute Gasteiger partial charge is 0.493 e. The third kappa shape index (κ3) is 5.42. The number of ether oxygens (including phenoxy) is 2. The smallest absolute Gasteiger partial charge is 0.225 e.